The first-order valence-electron chi connectivity index (χ1n) is 10.9. The molecule has 5 nitrogen and oxygen atoms in total. The number of methoxy groups -OCH3 is 1. The second-order valence-electron chi connectivity index (χ2n) is 9.95. The second-order valence-corrected chi connectivity index (χ2v) is 9.95. The van der Waals surface area contributed by atoms with Crippen LogP contribution in [0.15, 0.2) is 35.3 Å². The van der Waals surface area contributed by atoms with Crippen molar-refractivity contribution in [3.8, 4) is 0 Å². The molecule has 5 aliphatic rings. The van der Waals surface area contributed by atoms with Crippen LogP contribution in [0.5, 0.6) is 0 Å². The molecule has 0 heterocycles. The molecule has 5 saturated carbocycles. The van der Waals surface area contributed by atoms with E-state index in [0.717, 1.165) is 50.7 Å². The highest BCUT2D eigenvalue weighted by Crippen LogP contribution is 2.77. The molecule has 2 N–H and O–H groups in total. The molecule has 0 aliphatic heterocycles. The minimum absolute atomic E-state index is 0.0756. The van der Waals surface area contributed by atoms with Crippen LogP contribution in [0, 0.1) is 16.7 Å². The summed E-state index contributed by atoms with van der Waals surface area (Å²) in [5.74, 6) is 0.0887. The van der Waals surface area contributed by atoms with Gasteiger partial charge in [0.05, 0.1) is 17.9 Å². The summed E-state index contributed by atoms with van der Waals surface area (Å²) >= 11 is 0. The van der Waals surface area contributed by atoms with E-state index >= 15 is 0 Å². The van der Waals surface area contributed by atoms with Crippen molar-refractivity contribution in [1.29, 1.82) is 0 Å². The Balaban J connectivity index is 1.57. The van der Waals surface area contributed by atoms with Gasteiger partial charge in [-0.2, -0.15) is 0 Å². The van der Waals surface area contributed by atoms with Crippen molar-refractivity contribution in [1.82, 2.24) is 0 Å². The SMILES string of the molecule is COC(=O)C12CC3CC(c4ccccc4)(CC1(C(=O)N=C1CCC(N)CC1)C3)C2. The molecule has 1 aromatic rings. The van der Waals surface area contributed by atoms with Gasteiger partial charge in [-0.05, 0) is 74.7 Å². The highest BCUT2D eigenvalue weighted by atomic mass is 16.5. The lowest BCUT2D eigenvalue weighted by molar-refractivity contribution is -0.162. The van der Waals surface area contributed by atoms with Gasteiger partial charge in [-0.25, -0.2) is 4.99 Å². The Morgan fingerprint density at radius 3 is 2.38 bits per heavy atom. The van der Waals surface area contributed by atoms with Crippen LogP contribution >= 0.6 is 0 Å². The smallest absolute Gasteiger partial charge is 0.312 e. The fourth-order valence-corrected chi connectivity index (χ4v) is 7.35. The summed E-state index contributed by atoms with van der Waals surface area (Å²) in [6.45, 7) is 0. The zero-order valence-electron chi connectivity index (χ0n) is 17.2. The minimum atomic E-state index is -0.729. The first-order valence-corrected chi connectivity index (χ1v) is 10.9. The zero-order valence-corrected chi connectivity index (χ0v) is 17.2. The van der Waals surface area contributed by atoms with Crippen molar-refractivity contribution in [2.75, 3.05) is 7.11 Å². The topological polar surface area (TPSA) is 81.8 Å². The number of benzene rings is 1. The summed E-state index contributed by atoms with van der Waals surface area (Å²) in [7, 11) is 1.46. The maximum absolute atomic E-state index is 13.7. The van der Waals surface area contributed by atoms with Crippen LogP contribution in [0.4, 0.5) is 0 Å². The lowest BCUT2D eigenvalue weighted by atomic mass is 9.63. The summed E-state index contributed by atoms with van der Waals surface area (Å²) in [6.07, 6.45) is 7.36. The van der Waals surface area contributed by atoms with Crippen molar-refractivity contribution in [2.24, 2.45) is 27.5 Å². The Morgan fingerprint density at radius 1 is 1.03 bits per heavy atom. The van der Waals surface area contributed by atoms with Crippen LogP contribution in [0.25, 0.3) is 0 Å². The van der Waals surface area contributed by atoms with E-state index in [1.165, 1.54) is 12.7 Å². The molecule has 154 valence electrons. The number of carbonyl (C=O) groups excluding carboxylic acids is 2. The average Bonchev–Trinajstić information content (AvgIpc) is 3.10. The third-order valence-electron chi connectivity index (χ3n) is 8.39. The van der Waals surface area contributed by atoms with E-state index in [2.05, 4.69) is 29.3 Å². The number of hydrogen-bond acceptors (Lipinski definition) is 4. The number of amides is 1. The number of rotatable bonds is 3. The molecule has 5 aliphatic carbocycles. The van der Waals surface area contributed by atoms with E-state index in [1.807, 2.05) is 6.07 Å². The predicted molar refractivity (Wildman–Crippen MR) is 110 cm³/mol. The van der Waals surface area contributed by atoms with E-state index in [9.17, 15) is 9.59 Å². The van der Waals surface area contributed by atoms with Gasteiger partial charge in [0.1, 0.15) is 0 Å². The first-order chi connectivity index (χ1) is 13.9. The molecule has 4 unspecified atom stereocenters. The van der Waals surface area contributed by atoms with Crippen molar-refractivity contribution in [3.05, 3.63) is 35.9 Å². The van der Waals surface area contributed by atoms with Gasteiger partial charge in [-0.3, -0.25) is 9.59 Å². The Kier molecular flexibility index (Phi) is 4.25. The molecular formula is C24H30N2O3. The monoisotopic (exact) mass is 394 g/mol. The Labute approximate surface area is 172 Å². The largest absolute Gasteiger partial charge is 0.469 e. The minimum Gasteiger partial charge on any atom is -0.469 e. The predicted octanol–water partition coefficient (Wildman–Crippen LogP) is 3.55. The molecule has 0 aromatic heterocycles. The van der Waals surface area contributed by atoms with Crippen LogP contribution in [-0.2, 0) is 19.7 Å². The Bertz CT molecular complexity index is 871. The summed E-state index contributed by atoms with van der Waals surface area (Å²) in [5, 5.41) is 0. The summed E-state index contributed by atoms with van der Waals surface area (Å²) in [6, 6.07) is 10.7. The van der Waals surface area contributed by atoms with E-state index < -0.39 is 10.8 Å². The maximum atomic E-state index is 13.7. The first kappa shape index (κ1) is 19.0. The van der Waals surface area contributed by atoms with Gasteiger partial charge in [-0.1, -0.05) is 30.3 Å². The van der Waals surface area contributed by atoms with Crippen molar-refractivity contribution >= 4 is 17.6 Å². The van der Waals surface area contributed by atoms with Gasteiger partial charge in [-0.15, -0.1) is 0 Å². The third kappa shape index (κ3) is 2.59. The van der Waals surface area contributed by atoms with Crippen molar-refractivity contribution < 1.29 is 14.3 Å². The van der Waals surface area contributed by atoms with Crippen LogP contribution in [0.2, 0.25) is 0 Å². The van der Waals surface area contributed by atoms with Gasteiger partial charge in [0.25, 0.3) is 5.91 Å². The lowest BCUT2D eigenvalue weighted by Crippen LogP contribution is -2.45. The molecule has 5 fully saturated rings. The number of carbonyl (C=O) groups is 2. The van der Waals surface area contributed by atoms with Crippen LogP contribution < -0.4 is 5.73 Å². The van der Waals surface area contributed by atoms with Crippen molar-refractivity contribution in [2.45, 2.75) is 69.2 Å². The molecule has 4 bridgehead atoms. The molecule has 5 heteroatoms. The van der Waals surface area contributed by atoms with E-state index in [-0.39, 0.29) is 23.3 Å². The van der Waals surface area contributed by atoms with Gasteiger partial charge < -0.3 is 10.5 Å². The standard InChI is InChI=1S/C24H30N2O3/c1-29-21(28)24-13-16-11-22(15-24,17-5-3-2-4-6-17)14-23(24,12-16)20(27)26-19-9-7-18(25)8-10-19/h2-6,16,18H,7-15,25H2,1H3. The number of aliphatic imine (C=N–C) groups is 1. The molecule has 6 rings (SSSR count). The number of ether oxygens (including phenoxy) is 1. The Hall–Kier alpha value is -2.01. The number of hydrogen-bond donors (Lipinski definition) is 1. The molecule has 0 spiro atoms. The normalized spacial score (nSPS) is 40.1. The summed E-state index contributed by atoms with van der Waals surface area (Å²) in [5.41, 5.74) is 6.66. The highest BCUT2D eigenvalue weighted by Gasteiger charge is 2.78. The van der Waals surface area contributed by atoms with Gasteiger partial charge in [0, 0.05) is 11.8 Å². The van der Waals surface area contributed by atoms with Gasteiger partial charge >= 0.3 is 5.97 Å². The maximum Gasteiger partial charge on any atom is 0.312 e. The lowest BCUT2D eigenvalue weighted by Gasteiger charge is -2.40. The van der Waals surface area contributed by atoms with E-state index in [0.29, 0.717) is 18.8 Å². The number of esters is 1. The van der Waals surface area contributed by atoms with E-state index in [4.69, 9.17) is 10.5 Å². The fourth-order valence-electron chi connectivity index (χ4n) is 7.35. The molecule has 4 atom stereocenters. The molecular weight excluding hydrogens is 364 g/mol. The van der Waals surface area contributed by atoms with Crippen molar-refractivity contribution in [3.63, 3.8) is 0 Å². The Morgan fingerprint density at radius 2 is 1.69 bits per heavy atom. The molecule has 0 saturated heterocycles. The molecule has 1 aromatic carbocycles. The quantitative estimate of drug-likeness (QED) is 0.795. The highest BCUT2D eigenvalue weighted by molar-refractivity contribution is 6.02. The number of nitrogens with two attached hydrogens (primary N) is 1. The molecule has 29 heavy (non-hydrogen) atoms. The van der Waals surface area contributed by atoms with Crippen LogP contribution in [0.3, 0.4) is 0 Å². The van der Waals surface area contributed by atoms with Crippen LogP contribution in [0.1, 0.15) is 63.4 Å². The van der Waals surface area contributed by atoms with Crippen LogP contribution in [-0.4, -0.2) is 30.7 Å². The third-order valence-corrected chi connectivity index (χ3v) is 8.39. The number of nitrogens with zero attached hydrogens (tertiary/aromatic N) is 1. The average molecular weight is 395 g/mol. The van der Waals surface area contributed by atoms with Gasteiger partial charge in [0.15, 0.2) is 0 Å². The molecule has 0 radical (unpaired) electrons. The summed E-state index contributed by atoms with van der Waals surface area (Å²) in [4.78, 5) is 31.5. The van der Waals surface area contributed by atoms with E-state index in [1.54, 1.807) is 0 Å². The second kappa shape index (κ2) is 6.49. The zero-order chi connectivity index (χ0) is 20.3. The van der Waals surface area contributed by atoms with Gasteiger partial charge in [0.2, 0.25) is 0 Å². The molecule has 1 amide bonds. The fraction of sp³-hybridized carbons (Fsp3) is 0.625. The summed E-state index contributed by atoms with van der Waals surface area (Å²) < 4.78 is 5.31.